The van der Waals surface area contributed by atoms with E-state index in [1.54, 1.807) is 0 Å². The van der Waals surface area contributed by atoms with Crippen molar-refractivity contribution in [1.82, 2.24) is 14.3 Å². The molecule has 0 amide bonds. The fourth-order valence-electron chi connectivity index (χ4n) is 1.74. The van der Waals surface area contributed by atoms with E-state index >= 15 is 0 Å². The molecular weight excluding hydrogens is 252 g/mol. The van der Waals surface area contributed by atoms with E-state index in [2.05, 4.69) is 9.97 Å². The highest BCUT2D eigenvalue weighted by atomic mass is 32.2. The Morgan fingerprint density at radius 3 is 2.39 bits per heavy atom. The molecule has 0 aliphatic heterocycles. The molecule has 1 aromatic rings. The van der Waals surface area contributed by atoms with Gasteiger partial charge in [0.15, 0.2) is 0 Å². The van der Waals surface area contributed by atoms with Crippen LogP contribution in [0, 0.1) is 5.92 Å². The van der Waals surface area contributed by atoms with Crippen LogP contribution < -0.4 is 5.73 Å². The van der Waals surface area contributed by atoms with E-state index in [1.165, 1.54) is 16.7 Å². The fraction of sp³-hybridized carbons (Fsp3) is 0.636. The Labute approximate surface area is 107 Å². The number of nitrogen functional groups attached to an aromatic ring is 1. The van der Waals surface area contributed by atoms with Gasteiger partial charge in [0.1, 0.15) is 4.90 Å². The molecule has 6 nitrogen and oxygen atoms in total. The quantitative estimate of drug-likeness (QED) is 0.857. The first-order valence-corrected chi connectivity index (χ1v) is 7.44. The summed E-state index contributed by atoms with van der Waals surface area (Å²) in [5.74, 6) is 0.573. The van der Waals surface area contributed by atoms with Gasteiger partial charge in [0.2, 0.25) is 16.0 Å². The Hall–Kier alpha value is -1.21. The van der Waals surface area contributed by atoms with Crippen LogP contribution in [0.15, 0.2) is 17.3 Å². The van der Waals surface area contributed by atoms with Crippen molar-refractivity contribution in [1.29, 1.82) is 0 Å². The van der Waals surface area contributed by atoms with Crippen LogP contribution in [0.25, 0.3) is 0 Å². The summed E-state index contributed by atoms with van der Waals surface area (Å²) in [5.41, 5.74) is 5.37. The molecule has 0 aromatic carbocycles. The first-order chi connectivity index (χ1) is 8.41. The Morgan fingerprint density at radius 2 is 1.94 bits per heavy atom. The summed E-state index contributed by atoms with van der Waals surface area (Å²) < 4.78 is 26.4. The third-order valence-electron chi connectivity index (χ3n) is 2.97. The second-order valence-electron chi connectivity index (χ2n) is 4.89. The van der Waals surface area contributed by atoms with Crippen LogP contribution in [-0.4, -0.2) is 35.3 Å². The normalized spacial score (nSPS) is 16.4. The number of sulfonamides is 1. The number of nitrogens with zero attached hydrogens (tertiary/aromatic N) is 3. The lowest BCUT2D eigenvalue weighted by Gasteiger charge is -2.25. The molecule has 1 aromatic heterocycles. The van der Waals surface area contributed by atoms with Crippen molar-refractivity contribution in [2.75, 3.05) is 12.3 Å². The van der Waals surface area contributed by atoms with E-state index in [4.69, 9.17) is 5.73 Å². The van der Waals surface area contributed by atoms with Gasteiger partial charge in [-0.15, -0.1) is 0 Å². The van der Waals surface area contributed by atoms with Gasteiger partial charge < -0.3 is 5.73 Å². The van der Waals surface area contributed by atoms with Crippen LogP contribution in [0.2, 0.25) is 0 Å². The molecule has 18 heavy (non-hydrogen) atoms. The maximum Gasteiger partial charge on any atom is 0.246 e. The van der Waals surface area contributed by atoms with Crippen molar-refractivity contribution in [3.8, 4) is 0 Å². The van der Waals surface area contributed by atoms with Gasteiger partial charge in [-0.05, 0) is 32.6 Å². The first-order valence-electron chi connectivity index (χ1n) is 6.00. The summed E-state index contributed by atoms with van der Waals surface area (Å²) in [4.78, 5) is 7.59. The number of aromatic nitrogens is 2. The maximum absolute atomic E-state index is 12.5. The molecule has 100 valence electrons. The summed E-state index contributed by atoms with van der Waals surface area (Å²) in [6.45, 7) is 4.32. The van der Waals surface area contributed by atoms with Gasteiger partial charge in [-0.3, -0.25) is 0 Å². The molecular formula is C11H18N4O2S. The first kappa shape index (κ1) is 13.2. The summed E-state index contributed by atoms with van der Waals surface area (Å²) in [6, 6.07) is -0.0758. The Morgan fingerprint density at radius 1 is 1.39 bits per heavy atom. The summed E-state index contributed by atoms with van der Waals surface area (Å²) in [7, 11) is -3.52. The summed E-state index contributed by atoms with van der Waals surface area (Å²) in [5, 5.41) is 0. The van der Waals surface area contributed by atoms with Crippen LogP contribution in [0.3, 0.4) is 0 Å². The van der Waals surface area contributed by atoms with Crippen LogP contribution in [0.4, 0.5) is 5.95 Å². The molecule has 0 bridgehead atoms. The standard InChI is InChI=1S/C11H18N4O2S/c1-8(2)15(7-9-3-4-9)18(16,17)10-5-13-11(12)14-6-10/h5-6,8-9H,3-4,7H2,1-2H3,(H2,12,13,14). The molecule has 0 spiro atoms. The number of anilines is 1. The molecule has 7 heteroatoms. The largest absolute Gasteiger partial charge is 0.368 e. The SMILES string of the molecule is CC(C)N(CC1CC1)S(=O)(=O)c1cnc(N)nc1. The minimum atomic E-state index is -3.52. The minimum Gasteiger partial charge on any atom is -0.368 e. The fourth-order valence-corrected chi connectivity index (χ4v) is 3.34. The number of hydrogen-bond donors (Lipinski definition) is 1. The average Bonchev–Trinajstić information content (AvgIpc) is 3.09. The molecule has 1 heterocycles. The third-order valence-corrected chi connectivity index (χ3v) is 4.96. The smallest absolute Gasteiger partial charge is 0.246 e. The molecule has 0 radical (unpaired) electrons. The second kappa shape index (κ2) is 4.81. The van der Waals surface area contributed by atoms with Gasteiger partial charge in [0, 0.05) is 12.6 Å². The van der Waals surface area contributed by atoms with E-state index < -0.39 is 10.0 Å². The monoisotopic (exact) mass is 270 g/mol. The topological polar surface area (TPSA) is 89.2 Å². The zero-order valence-electron chi connectivity index (χ0n) is 10.6. The van der Waals surface area contributed by atoms with Gasteiger partial charge in [-0.25, -0.2) is 18.4 Å². The molecule has 0 unspecified atom stereocenters. The lowest BCUT2D eigenvalue weighted by molar-refractivity contribution is 0.341. The van der Waals surface area contributed by atoms with Gasteiger partial charge >= 0.3 is 0 Å². The molecule has 1 saturated carbocycles. The van der Waals surface area contributed by atoms with Crippen molar-refractivity contribution in [3.63, 3.8) is 0 Å². The summed E-state index contributed by atoms with van der Waals surface area (Å²) >= 11 is 0. The van der Waals surface area contributed by atoms with Gasteiger partial charge in [-0.2, -0.15) is 4.31 Å². The average molecular weight is 270 g/mol. The third kappa shape index (κ3) is 2.78. The molecule has 1 fully saturated rings. The van der Waals surface area contributed by atoms with Crippen LogP contribution in [-0.2, 0) is 10.0 Å². The molecule has 1 aliphatic carbocycles. The van der Waals surface area contributed by atoms with Crippen molar-refractivity contribution >= 4 is 16.0 Å². The second-order valence-corrected chi connectivity index (χ2v) is 6.78. The van der Waals surface area contributed by atoms with Crippen molar-refractivity contribution in [2.45, 2.75) is 37.6 Å². The predicted octanol–water partition coefficient (Wildman–Crippen LogP) is 0.868. The maximum atomic E-state index is 12.5. The zero-order valence-corrected chi connectivity index (χ0v) is 11.4. The van der Waals surface area contributed by atoms with E-state index in [-0.39, 0.29) is 16.9 Å². The highest BCUT2D eigenvalue weighted by Gasteiger charge is 2.33. The number of nitrogens with two attached hydrogens (primary N) is 1. The van der Waals surface area contributed by atoms with E-state index in [0.29, 0.717) is 12.5 Å². The highest BCUT2D eigenvalue weighted by Crippen LogP contribution is 2.32. The molecule has 2 rings (SSSR count). The lowest BCUT2D eigenvalue weighted by atomic mass is 10.3. The predicted molar refractivity (Wildman–Crippen MR) is 68.2 cm³/mol. The lowest BCUT2D eigenvalue weighted by Crippen LogP contribution is -2.38. The minimum absolute atomic E-state index is 0.0758. The Bertz CT molecular complexity index is 508. The van der Waals surface area contributed by atoms with Gasteiger partial charge in [0.05, 0.1) is 12.4 Å². The Kier molecular flexibility index (Phi) is 3.54. The molecule has 0 atom stereocenters. The summed E-state index contributed by atoms with van der Waals surface area (Å²) in [6.07, 6.45) is 4.74. The molecule has 2 N–H and O–H groups in total. The van der Waals surface area contributed by atoms with E-state index in [1.807, 2.05) is 13.8 Å². The van der Waals surface area contributed by atoms with Crippen LogP contribution >= 0.6 is 0 Å². The van der Waals surface area contributed by atoms with Crippen molar-refractivity contribution in [3.05, 3.63) is 12.4 Å². The van der Waals surface area contributed by atoms with Crippen molar-refractivity contribution < 1.29 is 8.42 Å². The van der Waals surface area contributed by atoms with Crippen LogP contribution in [0.1, 0.15) is 26.7 Å². The van der Waals surface area contributed by atoms with Gasteiger partial charge in [-0.1, -0.05) is 0 Å². The zero-order chi connectivity index (χ0) is 13.3. The van der Waals surface area contributed by atoms with Crippen LogP contribution in [0.5, 0.6) is 0 Å². The Balaban J connectivity index is 2.28. The van der Waals surface area contributed by atoms with E-state index in [0.717, 1.165) is 12.8 Å². The number of hydrogen-bond acceptors (Lipinski definition) is 5. The van der Waals surface area contributed by atoms with Crippen molar-refractivity contribution in [2.24, 2.45) is 5.92 Å². The van der Waals surface area contributed by atoms with Gasteiger partial charge in [0.25, 0.3) is 0 Å². The molecule has 0 saturated heterocycles. The molecule has 1 aliphatic rings. The van der Waals surface area contributed by atoms with E-state index in [9.17, 15) is 8.42 Å². The highest BCUT2D eigenvalue weighted by molar-refractivity contribution is 7.89. The number of rotatable bonds is 5.